The SMILES string of the molecule is C=Nc1cocc1C(=N)c1cc(-c2ccccc2)cc(-c2ccccc2)c1.Cn1c2ccccc2c2ccc3c(ccn3-c3ccccc3)c21. The molecule has 240 valence electrons. The number of aliphatic imine (C=N–C) groups is 1. The minimum absolute atomic E-state index is 0.362. The van der Waals surface area contributed by atoms with Gasteiger partial charge in [0.05, 0.1) is 22.3 Å². The fourth-order valence-corrected chi connectivity index (χ4v) is 6.83. The molecule has 50 heavy (non-hydrogen) atoms. The molecule has 0 saturated heterocycles. The Hall–Kier alpha value is -6.72. The minimum Gasteiger partial charge on any atom is -0.470 e. The molecule has 0 amide bonds. The van der Waals surface area contributed by atoms with E-state index < -0.39 is 0 Å². The van der Waals surface area contributed by atoms with E-state index in [1.54, 1.807) is 6.26 Å². The van der Waals surface area contributed by atoms with Crippen LogP contribution >= 0.6 is 0 Å². The van der Waals surface area contributed by atoms with Gasteiger partial charge in [0.15, 0.2) is 0 Å². The lowest BCUT2D eigenvalue weighted by atomic mass is 9.93. The molecule has 6 aromatic carbocycles. The third-order valence-corrected chi connectivity index (χ3v) is 9.29. The van der Waals surface area contributed by atoms with Crippen LogP contribution in [0.15, 0.2) is 180 Å². The number of furan rings is 1. The number of aryl methyl sites for hydroxylation is 1. The summed E-state index contributed by atoms with van der Waals surface area (Å²) in [5.41, 5.74) is 11.7. The Bertz CT molecular complexity index is 2570. The van der Waals surface area contributed by atoms with Gasteiger partial charge in [-0.2, -0.15) is 0 Å². The second-order valence-corrected chi connectivity index (χ2v) is 12.2. The summed E-state index contributed by atoms with van der Waals surface area (Å²) in [6.07, 6.45) is 5.22. The number of rotatable bonds is 6. The van der Waals surface area contributed by atoms with Crippen molar-refractivity contribution in [2.45, 2.75) is 0 Å². The van der Waals surface area contributed by atoms with Gasteiger partial charge in [-0.25, -0.2) is 0 Å². The van der Waals surface area contributed by atoms with Crippen LogP contribution in [0.1, 0.15) is 11.1 Å². The molecule has 9 rings (SSSR count). The normalized spacial score (nSPS) is 11.1. The van der Waals surface area contributed by atoms with Gasteiger partial charge in [-0.05, 0) is 77.5 Å². The van der Waals surface area contributed by atoms with Crippen LogP contribution in [0, 0.1) is 5.41 Å². The smallest absolute Gasteiger partial charge is 0.117 e. The first-order valence-corrected chi connectivity index (χ1v) is 16.5. The van der Waals surface area contributed by atoms with E-state index >= 15 is 0 Å². The third-order valence-electron chi connectivity index (χ3n) is 9.29. The fourth-order valence-electron chi connectivity index (χ4n) is 6.83. The number of hydrogen-bond acceptors (Lipinski definition) is 3. The van der Waals surface area contributed by atoms with E-state index in [0.717, 1.165) is 27.8 Å². The molecule has 0 unspecified atom stereocenters. The average Bonchev–Trinajstić information content (AvgIpc) is 3.92. The van der Waals surface area contributed by atoms with Crippen molar-refractivity contribution in [3.05, 3.63) is 182 Å². The lowest BCUT2D eigenvalue weighted by molar-refractivity contribution is 0.567. The molecule has 0 radical (unpaired) electrons. The molecular formula is C45H34N4O. The van der Waals surface area contributed by atoms with Gasteiger partial charge in [0.2, 0.25) is 0 Å². The van der Waals surface area contributed by atoms with Gasteiger partial charge in [-0.15, -0.1) is 0 Å². The topological polar surface area (TPSA) is 59.2 Å². The number of nitrogens with one attached hydrogen (secondary N) is 1. The molecule has 5 heteroatoms. The summed E-state index contributed by atoms with van der Waals surface area (Å²) in [7, 11) is 2.16. The maximum atomic E-state index is 8.70. The van der Waals surface area contributed by atoms with Gasteiger partial charge in [0, 0.05) is 46.2 Å². The van der Waals surface area contributed by atoms with E-state index in [9.17, 15) is 0 Å². The molecule has 5 nitrogen and oxygen atoms in total. The first kappa shape index (κ1) is 30.6. The van der Waals surface area contributed by atoms with E-state index in [4.69, 9.17) is 9.83 Å². The van der Waals surface area contributed by atoms with Crippen molar-refractivity contribution in [1.29, 1.82) is 5.41 Å². The van der Waals surface area contributed by atoms with Crippen LogP contribution in [0.3, 0.4) is 0 Å². The first-order chi connectivity index (χ1) is 24.6. The van der Waals surface area contributed by atoms with Crippen LogP contribution in [-0.4, -0.2) is 21.6 Å². The Kier molecular flexibility index (Phi) is 7.99. The molecule has 3 aromatic heterocycles. The summed E-state index contributed by atoms with van der Waals surface area (Å²) in [5, 5.41) is 12.6. The molecule has 0 aliphatic rings. The monoisotopic (exact) mass is 646 g/mol. The highest BCUT2D eigenvalue weighted by atomic mass is 16.3. The van der Waals surface area contributed by atoms with Crippen LogP contribution in [-0.2, 0) is 7.05 Å². The third kappa shape index (κ3) is 5.51. The maximum Gasteiger partial charge on any atom is 0.117 e. The lowest BCUT2D eigenvalue weighted by Crippen LogP contribution is -2.01. The lowest BCUT2D eigenvalue weighted by Gasteiger charge is -2.11. The Morgan fingerprint density at radius 1 is 0.600 bits per heavy atom. The van der Waals surface area contributed by atoms with E-state index in [1.807, 2.05) is 48.5 Å². The van der Waals surface area contributed by atoms with Gasteiger partial charge >= 0.3 is 0 Å². The number of fused-ring (bicyclic) bond motifs is 5. The molecule has 0 aliphatic heterocycles. The molecule has 0 aliphatic carbocycles. The van der Waals surface area contributed by atoms with Crippen molar-refractivity contribution in [2.75, 3.05) is 0 Å². The summed E-state index contributed by atoms with van der Waals surface area (Å²) in [4.78, 5) is 3.95. The van der Waals surface area contributed by atoms with E-state index in [1.165, 1.54) is 44.7 Å². The molecular weight excluding hydrogens is 613 g/mol. The van der Waals surface area contributed by atoms with Crippen molar-refractivity contribution in [3.8, 4) is 27.9 Å². The van der Waals surface area contributed by atoms with Gasteiger partial charge in [0.25, 0.3) is 0 Å². The number of nitrogens with zero attached hydrogens (tertiary/aromatic N) is 3. The van der Waals surface area contributed by atoms with Crippen molar-refractivity contribution in [3.63, 3.8) is 0 Å². The quantitative estimate of drug-likeness (QED) is 0.180. The zero-order valence-electron chi connectivity index (χ0n) is 27.6. The van der Waals surface area contributed by atoms with Crippen LogP contribution in [0.2, 0.25) is 0 Å². The highest BCUT2D eigenvalue weighted by Crippen LogP contribution is 2.35. The predicted octanol–water partition coefficient (Wildman–Crippen LogP) is 11.6. The van der Waals surface area contributed by atoms with E-state index in [2.05, 4.69) is 137 Å². The molecule has 0 saturated carbocycles. The van der Waals surface area contributed by atoms with Gasteiger partial charge < -0.3 is 13.6 Å². The minimum atomic E-state index is 0.362. The Morgan fingerprint density at radius 3 is 1.88 bits per heavy atom. The van der Waals surface area contributed by atoms with Gasteiger partial charge in [-0.1, -0.05) is 103 Å². The Labute approximate surface area is 290 Å². The highest BCUT2D eigenvalue weighted by molar-refractivity contribution is 6.17. The van der Waals surface area contributed by atoms with Crippen LogP contribution in [0.5, 0.6) is 0 Å². The summed E-state index contributed by atoms with van der Waals surface area (Å²) in [6.45, 7) is 3.56. The molecule has 0 spiro atoms. The maximum absolute atomic E-state index is 8.70. The van der Waals surface area contributed by atoms with Crippen molar-refractivity contribution in [2.24, 2.45) is 12.0 Å². The first-order valence-electron chi connectivity index (χ1n) is 16.5. The predicted molar refractivity (Wildman–Crippen MR) is 208 cm³/mol. The van der Waals surface area contributed by atoms with Crippen LogP contribution in [0.25, 0.3) is 60.6 Å². The average molecular weight is 647 g/mol. The van der Waals surface area contributed by atoms with Crippen LogP contribution in [0.4, 0.5) is 5.69 Å². The second-order valence-electron chi connectivity index (χ2n) is 12.2. The number of aromatic nitrogens is 2. The summed E-state index contributed by atoms with van der Waals surface area (Å²) >= 11 is 0. The number of hydrogen-bond donors (Lipinski definition) is 1. The zero-order valence-corrected chi connectivity index (χ0v) is 27.6. The number of para-hydroxylation sites is 2. The standard InChI is InChI=1S/C24H18N2O.C21H16N2/c1-26-23-16-27-15-22(23)24(25)21-13-19(17-8-4-2-5-9-17)12-20(14-21)18-10-6-3-7-11-18;1-22-19-10-6-5-9-16(19)17-11-12-20-18(21(17)22)13-14-23(20)15-7-3-2-4-8-15/h2-16,25H,1H2;2-14H,1H3. The fraction of sp³-hybridized carbons (Fsp3) is 0.0222. The molecule has 9 aromatic rings. The Balaban J connectivity index is 0.000000146. The van der Waals surface area contributed by atoms with Crippen molar-refractivity contribution >= 4 is 50.8 Å². The van der Waals surface area contributed by atoms with Gasteiger partial charge in [0.1, 0.15) is 18.2 Å². The molecule has 0 fully saturated rings. The van der Waals surface area contributed by atoms with E-state index in [0.29, 0.717) is 17.0 Å². The molecule has 3 heterocycles. The zero-order chi connectivity index (χ0) is 34.0. The molecule has 1 N–H and O–H groups in total. The Morgan fingerprint density at radius 2 is 1.22 bits per heavy atom. The van der Waals surface area contributed by atoms with Crippen molar-refractivity contribution in [1.82, 2.24) is 9.13 Å². The number of benzene rings is 6. The largest absolute Gasteiger partial charge is 0.470 e. The second kappa shape index (κ2) is 13.1. The molecule has 0 bridgehead atoms. The summed E-state index contributed by atoms with van der Waals surface area (Å²) in [6, 6.07) is 52.4. The summed E-state index contributed by atoms with van der Waals surface area (Å²) < 4.78 is 9.80. The summed E-state index contributed by atoms with van der Waals surface area (Å²) in [5.74, 6) is 0. The van der Waals surface area contributed by atoms with E-state index in [-0.39, 0.29) is 0 Å². The van der Waals surface area contributed by atoms with Gasteiger partial charge in [-0.3, -0.25) is 10.4 Å². The molecule has 0 atom stereocenters. The van der Waals surface area contributed by atoms with Crippen molar-refractivity contribution < 1.29 is 4.42 Å². The van der Waals surface area contributed by atoms with Crippen LogP contribution < -0.4 is 0 Å². The highest BCUT2D eigenvalue weighted by Gasteiger charge is 2.15.